The van der Waals surface area contributed by atoms with E-state index in [0.29, 0.717) is 16.6 Å². The molecule has 0 spiro atoms. The van der Waals surface area contributed by atoms with E-state index in [1.54, 1.807) is 12.1 Å². The van der Waals surface area contributed by atoms with E-state index in [1.165, 1.54) is 35.7 Å². The van der Waals surface area contributed by atoms with Gasteiger partial charge in [-0.25, -0.2) is 8.78 Å². The lowest BCUT2D eigenvalue weighted by Crippen LogP contribution is -1.99. The maximum Gasteiger partial charge on any atom is 0.264 e. The number of aryl methyl sites for hydroxylation is 1. The van der Waals surface area contributed by atoms with Crippen molar-refractivity contribution < 1.29 is 8.78 Å². The van der Waals surface area contributed by atoms with Crippen molar-refractivity contribution in [3.05, 3.63) is 58.7 Å². The van der Waals surface area contributed by atoms with Gasteiger partial charge in [-0.15, -0.1) is 11.8 Å². The van der Waals surface area contributed by atoms with Crippen LogP contribution in [0.4, 0.5) is 14.5 Å². The van der Waals surface area contributed by atoms with E-state index < -0.39 is 6.43 Å². The van der Waals surface area contributed by atoms with Crippen molar-refractivity contribution in [2.24, 2.45) is 0 Å². The minimum atomic E-state index is -2.43. The van der Waals surface area contributed by atoms with Gasteiger partial charge in [-0.3, -0.25) is 0 Å². The molecule has 23 heavy (non-hydrogen) atoms. The molecule has 122 valence electrons. The van der Waals surface area contributed by atoms with Crippen molar-refractivity contribution in [3.63, 3.8) is 0 Å². The number of hydrogen-bond donors (Lipinski definition) is 1. The number of alkyl halides is 2. The van der Waals surface area contributed by atoms with Crippen molar-refractivity contribution in [3.8, 4) is 0 Å². The molecular formula is C19H21F2NS. The van der Waals surface area contributed by atoms with E-state index in [4.69, 9.17) is 0 Å². The second kappa shape index (κ2) is 6.91. The van der Waals surface area contributed by atoms with Gasteiger partial charge in [0, 0.05) is 28.9 Å². The molecule has 0 bridgehead atoms. The van der Waals surface area contributed by atoms with Crippen LogP contribution in [0.3, 0.4) is 0 Å². The summed E-state index contributed by atoms with van der Waals surface area (Å²) >= 11 is 1.51. The normalized spacial score (nSPS) is 14.3. The van der Waals surface area contributed by atoms with Crippen LogP contribution >= 0.6 is 11.8 Å². The van der Waals surface area contributed by atoms with Crippen LogP contribution in [-0.4, -0.2) is 7.05 Å². The Morgan fingerprint density at radius 3 is 2.65 bits per heavy atom. The zero-order valence-electron chi connectivity index (χ0n) is 13.4. The molecule has 2 aromatic rings. The molecule has 1 fully saturated rings. The van der Waals surface area contributed by atoms with Crippen molar-refractivity contribution in [2.45, 2.75) is 42.8 Å². The summed E-state index contributed by atoms with van der Waals surface area (Å²) in [6.45, 7) is 1.94. The summed E-state index contributed by atoms with van der Waals surface area (Å²) in [6, 6.07) is 11.5. The van der Waals surface area contributed by atoms with E-state index in [9.17, 15) is 8.78 Å². The quantitative estimate of drug-likeness (QED) is 0.637. The van der Waals surface area contributed by atoms with Crippen LogP contribution in [-0.2, 0) is 5.75 Å². The summed E-state index contributed by atoms with van der Waals surface area (Å²) in [7, 11) is 1.91. The Balaban J connectivity index is 1.88. The molecule has 2 aromatic carbocycles. The Morgan fingerprint density at radius 2 is 2.00 bits per heavy atom. The zero-order chi connectivity index (χ0) is 16.4. The SMILES string of the molecule is CNc1cccc(C2CC2)c1CSc1cc(C)ccc1C(F)F. The standard InChI is InChI=1S/C19H21F2NS/c1-12-6-9-15(19(20)21)18(10-12)23-11-16-14(13-7-8-13)4-3-5-17(16)22-2/h3-6,9-10,13,19,22H,7-8,11H2,1-2H3. The summed E-state index contributed by atoms with van der Waals surface area (Å²) in [5.41, 5.74) is 4.88. The highest BCUT2D eigenvalue weighted by Crippen LogP contribution is 2.45. The van der Waals surface area contributed by atoms with E-state index in [2.05, 4.69) is 23.5 Å². The molecule has 0 saturated heterocycles. The lowest BCUT2D eigenvalue weighted by Gasteiger charge is -2.15. The molecule has 1 aliphatic rings. The number of nitrogens with one attached hydrogen (secondary N) is 1. The number of hydrogen-bond acceptors (Lipinski definition) is 2. The lowest BCUT2D eigenvalue weighted by atomic mass is 10.0. The molecule has 4 heteroatoms. The van der Waals surface area contributed by atoms with Crippen molar-refractivity contribution >= 4 is 17.4 Å². The second-order valence-corrected chi connectivity index (χ2v) is 7.05. The molecule has 1 nitrogen and oxygen atoms in total. The van der Waals surface area contributed by atoms with Crippen molar-refractivity contribution in [1.29, 1.82) is 0 Å². The minimum Gasteiger partial charge on any atom is -0.388 e. The van der Waals surface area contributed by atoms with E-state index in [-0.39, 0.29) is 5.56 Å². The fraction of sp³-hybridized carbons (Fsp3) is 0.368. The molecule has 3 rings (SSSR count). The van der Waals surface area contributed by atoms with Crippen LogP contribution < -0.4 is 5.32 Å². The Kier molecular flexibility index (Phi) is 4.90. The number of anilines is 1. The van der Waals surface area contributed by atoms with Gasteiger partial charge in [0.25, 0.3) is 6.43 Å². The molecule has 0 atom stereocenters. The van der Waals surface area contributed by atoms with Gasteiger partial charge in [-0.05, 0) is 54.5 Å². The van der Waals surface area contributed by atoms with Gasteiger partial charge >= 0.3 is 0 Å². The molecule has 0 radical (unpaired) electrons. The average Bonchev–Trinajstić information content (AvgIpc) is 3.37. The number of thioether (sulfide) groups is 1. The smallest absolute Gasteiger partial charge is 0.264 e. The van der Waals surface area contributed by atoms with Gasteiger partial charge in [0.1, 0.15) is 0 Å². The first-order chi connectivity index (χ1) is 11.1. The van der Waals surface area contributed by atoms with Crippen molar-refractivity contribution in [2.75, 3.05) is 12.4 Å². The summed E-state index contributed by atoms with van der Waals surface area (Å²) in [6.07, 6.45) is 0.0373. The number of benzene rings is 2. The topological polar surface area (TPSA) is 12.0 Å². The van der Waals surface area contributed by atoms with Crippen molar-refractivity contribution in [1.82, 2.24) is 0 Å². The molecule has 0 aromatic heterocycles. The monoisotopic (exact) mass is 333 g/mol. The first-order valence-corrected chi connectivity index (χ1v) is 8.89. The maximum atomic E-state index is 13.2. The predicted octanol–water partition coefficient (Wildman–Crippen LogP) is 6.14. The maximum absolute atomic E-state index is 13.2. The third-order valence-electron chi connectivity index (χ3n) is 4.27. The molecule has 0 aliphatic heterocycles. The van der Waals surface area contributed by atoms with Crippen LogP contribution in [0.1, 0.15) is 47.4 Å². The van der Waals surface area contributed by atoms with Gasteiger partial charge < -0.3 is 5.32 Å². The summed E-state index contributed by atoms with van der Waals surface area (Å²) in [4.78, 5) is 0.688. The molecule has 1 saturated carbocycles. The van der Waals surface area contributed by atoms with E-state index >= 15 is 0 Å². The first kappa shape index (κ1) is 16.3. The molecule has 0 amide bonds. The highest BCUT2D eigenvalue weighted by molar-refractivity contribution is 7.98. The Hall–Kier alpha value is -1.55. The fourth-order valence-electron chi connectivity index (χ4n) is 2.87. The Bertz CT molecular complexity index is 696. The number of halogens is 2. The van der Waals surface area contributed by atoms with Gasteiger partial charge in [-0.2, -0.15) is 0 Å². The highest BCUT2D eigenvalue weighted by atomic mass is 32.2. The van der Waals surface area contributed by atoms with Gasteiger partial charge in [0.2, 0.25) is 0 Å². The van der Waals surface area contributed by atoms with Gasteiger partial charge in [0.05, 0.1) is 0 Å². The van der Waals surface area contributed by atoms with Crippen LogP contribution in [0, 0.1) is 6.92 Å². The molecule has 1 N–H and O–H groups in total. The minimum absolute atomic E-state index is 0.135. The van der Waals surface area contributed by atoms with Crippen LogP contribution in [0.2, 0.25) is 0 Å². The highest BCUT2D eigenvalue weighted by Gasteiger charge is 2.27. The molecular weight excluding hydrogens is 312 g/mol. The van der Waals surface area contributed by atoms with Crippen LogP contribution in [0.25, 0.3) is 0 Å². The summed E-state index contributed by atoms with van der Waals surface area (Å²) in [5.74, 6) is 1.36. The van der Waals surface area contributed by atoms with E-state index in [1.807, 2.05) is 20.0 Å². The largest absolute Gasteiger partial charge is 0.388 e. The summed E-state index contributed by atoms with van der Waals surface area (Å²) in [5, 5.41) is 3.24. The Labute approximate surface area is 140 Å². The van der Waals surface area contributed by atoms with Gasteiger partial charge in [0.15, 0.2) is 0 Å². The average molecular weight is 333 g/mol. The van der Waals surface area contributed by atoms with Gasteiger partial charge in [-0.1, -0.05) is 24.3 Å². The third kappa shape index (κ3) is 3.69. The summed E-state index contributed by atoms with van der Waals surface area (Å²) < 4.78 is 26.4. The molecule has 0 unspecified atom stereocenters. The third-order valence-corrected chi connectivity index (χ3v) is 5.37. The fourth-order valence-corrected chi connectivity index (χ4v) is 4.09. The predicted molar refractivity (Wildman–Crippen MR) is 93.7 cm³/mol. The second-order valence-electron chi connectivity index (χ2n) is 6.03. The van der Waals surface area contributed by atoms with Crippen LogP contribution in [0.15, 0.2) is 41.3 Å². The number of rotatable bonds is 6. The van der Waals surface area contributed by atoms with Crippen LogP contribution in [0.5, 0.6) is 0 Å². The first-order valence-electron chi connectivity index (χ1n) is 7.91. The zero-order valence-corrected chi connectivity index (χ0v) is 14.2. The Morgan fingerprint density at radius 1 is 1.22 bits per heavy atom. The lowest BCUT2D eigenvalue weighted by molar-refractivity contribution is 0.148. The van der Waals surface area contributed by atoms with E-state index in [0.717, 1.165) is 11.3 Å². The molecule has 0 heterocycles. The molecule has 1 aliphatic carbocycles.